The normalized spacial score (nSPS) is 15.3. The van der Waals surface area contributed by atoms with Crippen molar-refractivity contribution in [3.63, 3.8) is 0 Å². The molecule has 0 aliphatic rings. The van der Waals surface area contributed by atoms with Gasteiger partial charge in [0.2, 0.25) is 0 Å². The van der Waals surface area contributed by atoms with Crippen molar-refractivity contribution in [1.29, 1.82) is 0 Å². The summed E-state index contributed by atoms with van der Waals surface area (Å²) in [6.45, 7) is 0. The Morgan fingerprint density at radius 2 is 0.933 bits per heavy atom. The molecule has 0 bridgehead atoms. The van der Waals surface area contributed by atoms with E-state index in [-0.39, 0.29) is 69.3 Å². The van der Waals surface area contributed by atoms with E-state index in [4.69, 9.17) is 19.5 Å². The highest BCUT2D eigenvalue weighted by molar-refractivity contribution is 6.21. The Morgan fingerprint density at radius 3 is 1.64 bits per heavy atom. The molecule has 1 aromatic heterocycles. The fourth-order valence-electron chi connectivity index (χ4n) is 6.23. The summed E-state index contributed by atoms with van der Waals surface area (Å²) in [5.74, 6) is 0. The summed E-state index contributed by atoms with van der Waals surface area (Å²) in [6.07, 6.45) is 0. The van der Waals surface area contributed by atoms with Crippen molar-refractivity contribution in [3.05, 3.63) is 170 Å². The first-order valence-electron chi connectivity index (χ1n) is 20.5. The number of hydrogen-bond acceptors (Lipinski definition) is 1. The Balaban J connectivity index is 1.23. The molecule has 210 valence electrons. The van der Waals surface area contributed by atoms with Gasteiger partial charge in [-0.15, -0.1) is 0 Å². The average Bonchev–Trinajstić information content (AvgIpc) is 3.64. The third kappa shape index (κ3) is 4.24. The van der Waals surface area contributed by atoms with Crippen LogP contribution in [-0.4, -0.2) is 0 Å². The quantitative estimate of drug-likeness (QED) is 0.188. The molecule has 1 heterocycles. The smallest absolute Gasteiger partial charge is 0.135 e. The lowest BCUT2D eigenvalue weighted by Crippen LogP contribution is -1.91. The van der Waals surface area contributed by atoms with Gasteiger partial charge < -0.3 is 4.42 Å². The van der Waals surface area contributed by atoms with Crippen molar-refractivity contribution in [2.75, 3.05) is 0 Å². The molecular formula is C44H28O. The molecule has 0 fully saturated rings. The second kappa shape index (κ2) is 10.4. The topological polar surface area (TPSA) is 13.1 Å². The zero-order valence-corrected chi connectivity index (χ0v) is 23.6. The summed E-state index contributed by atoms with van der Waals surface area (Å²) in [5, 5.41) is 3.78. The van der Waals surface area contributed by atoms with Gasteiger partial charge in [0.25, 0.3) is 0 Å². The van der Waals surface area contributed by atoms with Crippen LogP contribution < -0.4 is 0 Å². The number of hydrogen-bond donors (Lipinski definition) is 0. The molecule has 1 heteroatoms. The highest BCUT2D eigenvalue weighted by atomic mass is 16.3. The van der Waals surface area contributed by atoms with Crippen molar-refractivity contribution in [3.8, 4) is 44.5 Å². The van der Waals surface area contributed by atoms with Gasteiger partial charge in [-0.3, -0.25) is 0 Å². The van der Waals surface area contributed by atoms with Crippen LogP contribution in [0.25, 0.3) is 88.0 Å². The molecule has 0 spiro atoms. The lowest BCUT2D eigenvalue weighted by Gasteiger charge is -2.18. The highest BCUT2D eigenvalue weighted by Crippen LogP contribution is 2.44. The first kappa shape index (κ1) is 16.2. The van der Waals surface area contributed by atoms with E-state index in [1.807, 2.05) is 78.9 Å². The van der Waals surface area contributed by atoms with Gasteiger partial charge >= 0.3 is 0 Å². The maximum Gasteiger partial charge on any atom is 0.135 e. The van der Waals surface area contributed by atoms with Crippen LogP contribution in [-0.2, 0) is 0 Å². The Kier molecular flexibility index (Phi) is 3.74. The van der Waals surface area contributed by atoms with E-state index in [0.29, 0.717) is 11.1 Å². The van der Waals surface area contributed by atoms with Gasteiger partial charge in [-0.05, 0) is 90.2 Å². The van der Waals surface area contributed by atoms with Gasteiger partial charge in [0.05, 0.1) is 16.4 Å². The van der Waals surface area contributed by atoms with E-state index in [2.05, 4.69) is 0 Å². The van der Waals surface area contributed by atoms with Gasteiger partial charge in [0, 0.05) is 10.8 Å². The van der Waals surface area contributed by atoms with Crippen molar-refractivity contribution < 1.29 is 20.9 Å². The van der Waals surface area contributed by atoms with Gasteiger partial charge in [-0.1, -0.05) is 145 Å². The lowest BCUT2D eigenvalue weighted by atomic mass is 9.85. The lowest BCUT2D eigenvalue weighted by molar-refractivity contribution is 0.669. The Bertz CT molecular complexity index is 3120. The molecule has 0 saturated carbocycles. The van der Waals surface area contributed by atoms with Gasteiger partial charge in [0.1, 0.15) is 11.2 Å². The molecule has 0 amide bonds. The zero-order valence-electron chi connectivity index (χ0n) is 35.6. The molecular weight excluding hydrogens is 544 g/mol. The van der Waals surface area contributed by atoms with Crippen LogP contribution in [0.3, 0.4) is 0 Å². The van der Waals surface area contributed by atoms with E-state index in [0.717, 1.165) is 43.8 Å². The minimum Gasteiger partial charge on any atom is -0.456 e. The molecule has 45 heavy (non-hydrogen) atoms. The molecule has 8 aromatic carbocycles. The van der Waals surface area contributed by atoms with E-state index >= 15 is 0 Å². The number of fused-ring (bicyclic) bond motifs is 5. The van der Waals surface area contributed by atoms with Crippen LogP contribution >= 0.6 is 0 Å². The Morgan fingerprint density at radius 1 is 0.356 bits per heavy atom. The van der Waals surface area contributed by atoms with Crippen LogP contribution in [0, 0.1) is 0 Å². The molecule has 0 saturated heterocycles. The Hall–Kier alpha value is -5.92. The summed E-state index contributed by atoms with van der Waals surface area (Å²) in [7, 11) is 0. The molecule has 1 nitrogen and oxygen atoms in total. The molecule has 0 aliphatic carbocycles. The van der Waals surface area contributed by atoms with Crippen LogP contribution in [0.1, 0.15) is 16.4 Å². The summed E-state index contributed by atoms with van der Waals surface area (Å²) in [5.41, 5.74) is 4.44. The van der Waals surface area contributed by atoms with Crippen molar-refractivity contribution >= 4 is 43.5 Å². The second-order valence-electron chi connectivity index (χ2n) is 10.8. The summed E-state index contributed by atoms with van der Waals surface area (Å²) in [4.78, 5) is 0. The fourth-order valence-corrected chi connectivity index (χ4v) is 6.23. The number of rotatable bonds is 4. The molecule has 0 atom stereocenters. The monoisotopic (exact) mass is 584 g/mol. The highest BCUT2D eigenvalue weighted by Gasteiger charge is 2.17. The summed E-state index contributed by atoms with van der Waals surface area (Å²) >= 11 is 0. The molecule has 0 unspecified atom stereocenters. The molecule has 9 aromatic rings. The Labute approximate surface area is 278 Å². The van der Waals surface area contributed by atoms with Crippen molar-refractivity contribution in [2.45, 2.75) is 0 Å². The van der Waals surface area contributed by atoms with Gasteiger partial charge in [-0.25, -0.2) is 0 Å². The van der Waals surface area contributed by atoms with Crippen LogP contribution in [0.5, 0.6) is 0 Å². The fraction of sp³-hybridized carbons (Fsp3) is 0. The minimum absolute atomic E-state index is 0.00393. The zero-order chi connectivity index (χ0) is 40.2. The first-order chi connectivity index (χ1) is 27.3. The SMILES string of the molecule is [2H]c1c([2H])c([2H])c(-c2cccc(-c3c4ccccc4c(-c4ccc(-c5c([2H])c([2H])c6oc7c([2H])c([2H])c([2H])c([2H])c7c6c5[2H])cc4)c4ccccc34)c2)c([2H])c1[2H]. The van der Waals surface area contributed by atoms with Crippen LogP contribution in [0.4, 0.5) is 0 Å². The molecule has 0 N–H and O–H groups in total. The average molecular weight is 585 g/mol. The molecule has 9 rings (SSSR count). The van der Waals surface area contributed by atoms with Gasteiger partial charge in [-0.2, -0.15) is 0 Å². The van der Waals surface area contributed by atoms with E-state index in [9.17, 15) is 1.37 Å². The predicted molar refractivity (Wildman–Crippen MR) is 190 cm³/mol. The first-order valence-corrected chi connectivity index (χ1v) is 14.5. The van der Waals surface area contributed by atoms with E-state index < -0.39 is 36.3 Å². The summed E-state index contributed by atoms with van der Waals surface area (Å²) in [6, 6.07) is 26.4. The molecule has 0 aliphatic heterocycles. The minimum atomic E-state index is -0.485. The maximum absolute atomic E-state index is 9.20. The largest absolute Gasteiger partial charge is 0.456 e. The maximum atomic E-state index is 9.20. The van der Waals surface area contributed by atoms with Crippen LogP contribution in [0.15, 0.2) is 174 Å². The van der Waals surface area contributed by atoms with Crippen LogP contribution in [0.2, 0.25) is 0 Å². The van der Waals surface area contributed by atoms with Crippen molar-refractivity contribution in [2.24, 2.45) is 0 Å². The number of para-hydroxylation sites is 1. The van der Waals surface area contributed by atoms with E-state index in [1.165, 1.54) is 0 Å². The third-order valence-electron chi connectivity index (χ3n) is 8.22. The number of benzene rings is 8. The summed E-state index contributed by atoms with van der Waals surface area (Å²) < 4.78 is 108. The second-order valence-corrected chi connectivity index (χ2v) is 10.8. The standard InChI is InChI=1S/C44H28O/c1-2-11-29(12-3-1)32-13-10-14-34(27-32)44-38-18-6-4-16-36(38)43(37-17-5-7-19-39(37)44)31-23-21-30(22-24-31)33-25-26-42-40(28-33)35-15-8-9-20-41(35)45-42/h1-28H/i1D,2D,3D,8D,9D,11D,12D,15D,20D,25D,26D,28D. The third-order valence-corrected chi connectivity index (χ3v) is 8.22. The van der Waals surface area contributed by atoms with Crippen molar-refractivity contribution in [1.82, 2.24) is 0 Å². The van der Waals surface area contributed by atoms with E-state index in [1.54, 1.807) is 18.2 Å². The molecule has 0 radical (unpaired) electrons. The predicted octanol–water partition coefficient (Wildman–Crippen LogP) is 12.6. The number of furan rings is 1. The van der Waals surface area contributed by atoms with Gasteiger partial charge in [0.15, 0.2) is 0 Å².